The van der Waals surface area contributed by atoms with Gasteiger partial charge in [-0.25, -0.2) is 0 Å². The molecular formula is C14H23NO. The lowest BCUT2D eigenvalue weighted by Gasteiger charge is -2.12. The second kappa shape index (κ2) is 6.54. The first kappa shape index (κ1) is 13.0. The van der Waals surface area contributed by atoms with Gasteiger partial charge in [0, 0.05) is 6.04 Å². The lowest BCUT2D eigenvalue weighted by Crippen LogP contribution is -2.12. The predicted molar refractivity (Wildman–Crippen MR) is 68.9 cm³/mol. The topological polar surface area (TPSA) is 21.3 Å². The Balaban J connectivity index is 2.45. The normalized spacial score (nSPS) is 12.8. The molecule has 0 radical (unpaired) electrons. The molecule has 90 valence electrons. The molecule has 0 spiro atoms. The smallest absolute Gasteiger partial charge is 0.119 e. The summed E-state index contributed by atoms with van der Waals surface area (Å²) >= 11 is 0. The largest absolute Gasteiger partial charge is 0.494 e. The number of nitrogens with one attached hydrogen (secondary N) is 1. The van der Waals surface area contributed by atoms with Crippen LogP contribution in [0.15, 0.2) is 24.3 Å². The minimum atomic E-state index is 0.393. The Morgan fingerprint density at radius 3 is 2.25 bits per heavy atom. The van der Waals surface area contributed by atoms with Crippen molar-refractivity contribution in [2.45, 2.75) is 33.2 Å². The summed E-state index contributed by atoms with van der Waals surface area (Å²) in [5.41, 5.74) is 1.29. The molecule has 0 saturated heterocycles. The third kappa shape index (κ3) is 4.23. The molecular weight excluding hydrogens is 198 g/mol. The van der Waals surface area contributed by atoms with Crippen molar-refractivity contribution in [2.24, 2.45) is 5.92 Å². The molecule has 2 heteroatoms. The summed E-state index contributed by atoms with van der Waals surface area (Å²) in [5, 5.41) is 3.22. The van der Waals surface area contributed by atoms with Crippen LogP contribution in [0.3, 0.4) is 0 Å². The molecule has 1 aromatic carbocycles. The third-order valence-corrected chi connectivity index (χ3v) is 2.78. The van der Waals surface area contributed by atoms with Crippen LogP contribution in [0.5, 0.6) is 5.75 Å². The van der Waals surface area contributed by atoms with Crippen LogP contribution in [0.1, 0.15) is 38.8 Å². The highest BCUT2D eigenvalue weighted by molar-refractivity contribution is 5.28. The molecule has 1 rings (SSSR count). The Morgan fingerprint density at radius 2 is 1.75 bits per heavy atom. The van der Waals surface area contributed by atoms with Gasteiger partial charge in [0.05, 0.1) is 6.61 Å². The minimum Gasteiger partial charge on any atom is -0.494 e. The molecule has 1 unspecified atom stereocenters. The van der Waals surface area contributed by atoms with E-state index in [0.717, 1.165) is 18.8 Å². The average molecular weight is 221 g/mol. The molecule has 0 aliphatic carbocycles. The van der Waals surface area contributed by atoms with Crippen LogP contribution in [0.4, 0.5) is 0 Å². The van der Waals surface area contributed by atoms with Crippen molar-refractivity contribution in [1.82, 2.24) is 5.32 Å². The summed E-state index contributed by atoms with van der Waals surface area (Å²) in [7, 11) is 1.97. The fraction of sp³-hybridized carbons (Fsp3) is 0.571. The fourth-order valence-electron chi connectivity index (χ4n) is 1.43. The van der Waals surface area contributed by atoms with Gasteiger partial charge in [-0.2, -0.15) is 0 Å². The molecule has 0 aliphatic rings. The van der Waals surface area contributed by atoms with E-state index in [1.807, 2.05) is 19.2 Å². The van der Waals surface area contributed by atoms with E-state index in [2.05, 4.69) is 38.2 Å². The molecule has 0 aliphatic heterocycles. The Bertz CT molecular complexity index is 292. The van der Waals surface area contributed by atoms with Crippen molar-refractivity contribution in [3.05, 3.63) is 29.8 Å². The van der Waals surface area contributed by atoms with E-state index in [0.29, 0.717) is 12.0 Å². The highest BCUT2D eigenvalue weighted by atomic mass is 16.5. The summed E-state index contributed by atoms with van der Waals surface area (Å²) in [6.45, 7) is 7.37. The molecule has 16 heavy (non-hydrogen) atoms. The first-order chi connectivity index (χ1) is 7.63. The molecule has 0 heterocycles. The maximum absolute atomic E-state index is 5.66. The van der Waals surface area contributed by atoms with E-state index in [1.165, 1.54) is 5.56 Å². The van der Waals surface area contributed by atoms with Gasteiger partial charge in [0.1, 0.15) is 5.75 Å². The Morgan fingerprint density at radius 1 is 1.12 bits per heavy atom. The average Bonchev–Trinajstić information content (AvgIpc) is 2.28. The highest BCUT2D eigenvalue weighted by Crippen LogP contribution is 2.17. The fourth-order valence-corrected chi connectivity index (χ4v) is 1.43. The van der Waals surface area contributed by atoms with Crippen molar-refractivity contribution in [3.8, 4) is 5.75 Å². The zero-order valence-corrected chi connectivity index (χ0v) is 10.8. The van der Waals surface area contributed by atoms with Crippen LogP contribution in [-0.4, -0.2) is 13.7 Å². The van der Waals surface area contributed by atoms with Crippen molar-refractivity contribution in [3.63, 3.8) is 0 Å². The number of hydrogen-bond donors (Lipinski definition) is 1. The SMILES string of the molecule is CNC(C)c1ccc(OCCC(C)C)cc1. The van der Waals surface area contributed by atoms with E-state index in [4.69, 9.17) is 4.74 Å². The van der Waals surface area contributed by atoms with Crippen LogP contribution < -0.4 is 10.1 Å². The Labute approximate surface area is 99.0 Å². The number of hydrogen-bond acceptors (Lipinski definition) is 2. The molecule has 1 aromatic rings. The van der Waals surface area contributed by atoms with Crippen molar-refractivity contribution < 1.29 is 4.74 Å². The van der Waals surface area contributed by atoms with E-state index >= 15 is 0 Å². The van der Waals surface area contributed by atoms with Gasteiger partial charge in [-0.05, 0) is 44.0 Å². The summed E-state index contributed by atoms with van der Waals surface area (Å²) in [5.74, 6) is 1.66. The van der Waals surface area contributed by atoms with Gasteiger partial charge >= 0.3 is 0 Å². The summed E-state index contributed by atoms with van der Waals surface area (Å²) in [6.07, 6.45) is 1.11. The number of benzene rings is 1. The summed E-state index contributed by atoms with van der Waals surface area (Å²) in [4.78, 5) is 0. The van der Waals surface area contributed by atoms with Crippen molar-refractivity contribution in [1.29, 1.82) is 0 Å². The first-order valence-electron chi connectivity index (χ1n) is 6.03. The molecule has 0 aromatic heterocycles. The third-order valence-electron chi connectivity index (χ3n) is 2.78. The van der Waals surface area contributed by atoms with E-state index < -0.39 is 0 Å². The van der Waals surface area contributed by atoms with Gasteiger partial charge in [-0.15, -0.1) is 0 Å². The lowest BCUT2D eigenvalue weighted by atomic mass is 10.1. The second-order valence-corrected chi connectivity index (χ2v) is 4.61. The summed E-state index contributed by atoms with van der Waals surface area (Å²) < 4.78 is 5.66. The van der Waals surface area contributed by atoms with Crippen LogP contribution in [0, 0.1) is 5.92 Å². The molecule has 0 saturated carbocycles. The summed E-state index contributed by atoms with van der Waals surface area (Å²) in [6, 6.07) is 8.72. The predicted octanol–water partition coefficient (Wildman–Crippen LogP) is 3.39. The molecule has 0 bridgehead atoms. The van der Waals surface area contributed by atoms with Crippen LogP contribution in [0.2, 0.25) is 0 Å². The number of rotatable bonds is 6. The van der Waals surface area contributed by atoms with E-state index in [9.17, 15) is 0 Å². The van der Waals surface area contributed by atoms with Gasteiger partial charge in [-0.1, -0.05) is 26.0 Å². The highest BCUT2D eigenvalue weighted by Gasteiger charge is 2.02. The van der Waals surface area contributed by atoms with E-state index in [1.54, 1.807) is 0 Å². The van der Waals surface area contributed by atoms with Crippen LogP contribution >= 0.6 is 0 Å². The van der Waals surface area contributed by atoms with Gasteiger partial charge < -0.3 is 10.1 Å². The monoisotopic (exact) mass is 221 g/mol. The van der Waals surface area contributed by atoms with Gasteiger partial charge in [-0.3, -0.25) is 0 Å². The molecule has 1 atom stereocenters. The zero-order valence-electron chi connectivity index (χ0n) is 10.8. The molecule has 2 nitrogen and oxygen atoms in total. The quantitative estimate of drug-likeness (QED) is 0.795. The maximum Gasteiger partial charge on any atom is 0.119 e. The zero-order chi connectivity index (χ0) is 12.0. The molecule has 1 N–H and O–H groups in total. The Hall–Kier alpha value is -1.02. The second-order valence-electron chi connectivity index (χ2n) is 4.61. The molecule has 0 fully saturated rings. The van der Waals surface area contributed by atoms with Gasteiger partial charge in [0.2, 0.25) is 0 Å². The number of ether oxygens (including phenoxy) is 1. The maximum atomic E-state index is 5.66. The van der Waals surface area contributed by atoms with Crippen molar-refractivity contribution >= 4 is 0 Å². The Kier molecular flexibility index (Phi) is 5.33. The van der Waals surface area contributed by atoms with Gasteiger partial charge in [0.25, 0.3) is 0 Å². The minimum absolute atomic E-state index is 0.393. The van der Waals surface area contributed by atoms with Crippen LogP contribution in [0.25, 0.3) is 0 Å². The van der Waals surface area contributed by atoms with E-state index in [-0.39, 0.29) is 0 Å². The van der Waals surface area contributed by atoms with Crippen molar-refractivity contribution in [2.75, 3.05) is 13.7 Å². The lowest BCUT2D eigenvalue weighted by molar-refractivity contribution is 0.289. The standard InChI is InChI=1S/C14H23NO/c1-11(2)9-10-16-14-7-5-13(6-8-14)12(3)15-4/h5-8,11-12,15H,9-10H2,1-4H3. The van der Waals surface area contributed by atoms with Gasteiger partial charge in [0.15, 0.2) is 0 Å². The molecule has 0 amide bonds. The van der Waals surface area contributed by atoms with Crippen LogP contribution in [-0.2, 0) is 0 Å². The first-order valence-corrected chi connectivity index (χ1v) is 6.03.